The van der Waals surface area contributed by atoms with E-state index in [0.29, 0.717) is 12.1 Å². The van der Waals surface area contributed by atoms with E-state index < -0.39 is 0 Å². The highest BCUT2D eigenvalue weighted by Gasteiger charge is 2.33. The zero-order valence-corrected chi connectivity index (χ0v) is 12.5. The zero-order valence-electron chi connectivity index (χ0n) is 12.5. The van der Waals surface area contributed by atoms with E-state index >= 15 is 0 Å². The monoisotopic (exact) mass is 240 g/mol. The Balaban J connectivity index is 2.56. The highest BCUT2D eigenvalue weighted by atomic mass is 15.2. The van der Waals surface area contributed by atoms with E-state index in [-0.39, 0.29) is 0 Å². The standard InChI is InChI=1S/C15H32N2/c1-6-10-16-14(7-2)13(5)17-11-8-9-15(17)12(3)4/h12-16H,6-11H2,1-5H3. The maximum atomic E-state index is 3.71. The molecule has 3 atom stereocenters. The van der Waals surface area contributed by atoms with E-state index in [4.69, 9.17) is 0 Å². The highest BCUT2D eigenvalue weighted by molar-refractivity contribution is 4.89. The van der Waals surface area contributed by atoms with E-state index in [2.05, 4.69) is 44.8 Å². The van der Waals surface area contributed by atoms with Crippen molar-refractivity contribution in [3.63, 3.8) is 0 Å². The van der Waals surface area contributed by atoms with E-state index in [0.717, 1.165) is 18.5 Å². The molecule has 1 saturated heterocycles. The third-order valence-electron chi connectivity index (χ3n) is 4.31. The molecule has 0 radical (unpaired) electrons. The number of hydrogen-bond donors (Lipinski definition) is 1. The van der Waals surface area contributed by atoms with Crippen molar-refractivity contribution >= 4 is 0 Å². The smallest absolute Gasteiger partial charge is 0.0224 e. The Morgan fingerprint density at radius 3 is 2.47 bits per heavy atom. The molecule has 3 unspecified atom stereocenters. The van der Waals surface area contributed by atoms with Crippen molar-refractivity contribution in [2.75, 3.05) is 13.1 Å². The first kappa shape index (κ1) is 15.0. The number of nitrogens with zero attached hydrogens (tertiary/aromatic N) is 1. The van der Waals surface area contributed by atoms with Crippen molar-refractivity contribution in [2.45, 2.75) is 78.4 Å². The van der Waals surface area contributed by atoms with Gasteiger partial charge in [-0.3, -0.25) is 4.90 Å². The summed E-state index contributed by atoms with van der Waals surface area (Å²) in [5, 5.41) is 3.71. The number of hydrogen-bond acceptors (Lipinski definition) is 2. The molecule has 1 heterocycles. The van der Waals surface area contributed by atoms with Gasteiger partial charge in [0.15, 0.2) is 0 Å². The lowest BCUT2D eigenvalue weighted by molar-refractivity contribution is 0.125. The van der Waals surface area contributed by atoms with Crippen LogP contribution >= 0.6 is 0 Å². The van der Waals surface area contributed by atoms with Crippen molar-refractivity contribution in [1.29, 1.82) is 0 Å². The van der Waals surface area contributed by atoms with Crippen LogP contribution in [0, 0.1) is 5.92 Å². The molecule has 1 N–H and O–H groups in total. The molecule has 0 spiro atoms. The topological polar surface area (TPSA) is 15.3 Å². The molecule has 2 heteroatoms. The molecular weight excluding hydrogens is 208 g/mol. The second-order valence-electron chi connectivity index (χ2n) is 5.90. The first-order valence-electron chi connectivity index (χ1n) is 7.60. The van der Waals surface area contributed by atoms with Gasteiger partial charge in [-0.25, -0.2) is 0 Å². The molecule has 0 aromatic rings. The van der Waals surface area contributed by atoms with Crippen LogP contribution in [0.25, 0.3) is 0 Å². The number of likely N-dealkylation sites (tertiary alicyclic amines) is 1. The Labute approximate surface area is 108 Å². The summed E-state index contributed by atoms with van der Waals surface area (Å²) in [6.07, 6.45) is 5.25. The fraction of sp³-hybridized carbons (Fsp3) is 1.00. The van der Waals surface area contributed by atoms with E-state index in [1.807, 2.05) is 0 Å². The van der Waals surface area contributed by atoms with E-state index in [1.54, 1.807) is 0 Å². The fourth-order valence-corrected chi connectivity index (χ4v) is 3.25. The van der Waals surface area contributed by atoms with Crippen LogP contribution in [0.1, 0.15) is 60.3 Å². The van der Waals surface area contributed by atoms with Crippen LogP contribution in [0.15, 0.2) is 0 Å². The molecule has 1 rings (SSSR count). The van der Waals surface area contributed by atoms with Crippen LogP contribution in [0.3, 0.4) is 0 Å². The molecular formula is C15H32N2. The van der Waals surface area contributed by atoms with Gasteiger partial charge in [0.25, 0.3) is 0 Å². The van der Waals surface area contributed by atoms with Crippen molar-refractivity contribution in [2.24, 2.45) is 5.92 Å². The lowest BCUT2D eigenvalue weighted by Crippen LogP contribution is -2.51. The van der Waals surface area contributed by atoms with Gasteiger partial charge < -0.3 is 5.32 Å². The van der Waals surface area contributed by atoms with Gasteiger partial charge in [0, 0.05) is 18.1 Å². The quantitative estimate of drug-likeness (QED) is 0.735. The van der Waals surface area contributed by atoms with Gasteiger partial charge in [-0.1, -0.05) is 27.7 Å². The Morgan fingerprint density at radius 2 is 1.94 bits per heavy atom. The Kier molecular flexibility index (Phi) is 6.50. The van der Waals surface area contributed by atoms with Crippen LogP contribution < -0.4 is 5.32 Å². The van der Waals surface area contributed by atoms with Crippen molar-refractivity contribution in [3.05, 3.63) is 0 Å². The minimum Gasteiger partial charge on any atom is -0.312 e. The zero-order chi connectivity index (χ0) is 12.8. The normalized spacial score (nSPS) is 25.4. The molecule has 0 aromatic heterocycles. The summed E-state index contributed by atoms with van der Waals surface area (Å²) in [6.45, 7) is 14.2. The molecule has 0 saturated carbocycles. The third-order valence-corrected chi connectivity index (χ3v) is 4.31. The molecule has 0 amide bonds. The van der Waals surface area contributed by atoms with Crippen molar-refractivity contribution < 1.29 is 0 Å². The SMILES string of the molecule is CCCNC(CC)C(C)N1CCCC1C(C)C. The average molecular weight is 240 g/mol. The van der Waals surface area contributed by atoms with Crippen molar-refractivity contribution in [1.82, 2.24) is 10.2 Å². The molecule has 102 valence electrons. The van der Waals surface area contributed by atoms with Crippen LogP contribution in [-0.4, -0.2) is 36.1 Å². The summed E-state index contributed by atoms with van der Waals surface area (Å²) in [5.74, 6) is 0.795. The molecule has 1 fully saturated rings. The molecule has 0 aliphatic carbocycles. The van der Waals surface area contributed by atoms with Crippen molar-refractivity contribution in [3.8, 4) is 0 Å². The van der Waals surface area contributed by atoms with Gasteiger partial charge in [-0.05, 0) is 51.6 Å². The molecule has 1 aliphatic heterocycles. The van der Waals surface area contributed by atoms with Crippen LogP contribution in [0.5, 0.6) is 0 Å². The Hall–Kier alpha value is -0.0800. The molecule has 1 aliphatic rings. The molecule has 2 nitrogen and oxygen atoms in total. The number of rotatable bonds is 7. The van der Waals surface area contributed by atoms with Gasteiger partial charge >= 0.3 is 0 Å². The third kappa shape index (κ3) is 3.96. The van der Waals surface area contributed by atoms with Crippen LogP contribution in [-0.2, 0) is 0 Å². The van der Waals surface area contributed by atoms with Gasteiger partial charge in [-0.15, -0.1) is 0 Å². The van der Waals surface area contributed by atoms with Gasteiger partial charge in [0.1, 0.15) is 0 Å². The summed E-state index contributed by atoms with van der Waals surface area (Å²) < 4.78 is 0. The molecule has 0 bridgehead atoms. The number of nitrogens with one attached hydrogen (secondary N) is 1. The summed E-state index contributed by atoms with van der Waals surface area (Å²) in [5.41, 5.74) is 0. The van der Waals surface area contributed by atoms with Gasteiger partial charge in [0.2, 0.25) is 0 Å². The van der Waals surface area contributed by atoms with E-state index in [1.165, 1.54) is 32.2 Å². The summed E-state index contributed by atoms with van der Waals surface area (Å²) in [6, 6.07) is 2.15. The summed E-state index contributed by atoms with van der Waals surface area (Å²) >= 11 is 0. The summed E-state index contributed by atoms with van der Waals surface area (Å²) in [4.78, 5) is 2.75. The first-order valence-corrected chi connectivity index (χ1v) is 7.60. The average Bonchev–Trinajstić information content (AvgIpc) is 2.78. The minimum atomic E-state index is 0.661. The Morgan fingerprint density at radius 1 is 1.24 bits per heavy atom. The molecule has 0 aromatic carbocycles. The maximum Gasteiger partial charge on any atom is 0.0224 e. The van der Waals surface area contributed by atoms with Gasteiger partial charge in [0.05, 0.1) is 0 Å². The molecule has 17 heavy (non-hydrogen) atoms. The first-order chi connectivity index (χ1) is 8.11. The lowest BCUT2D eigenvalue weighted by Gasteiger charge is -2.37. The largest absolute Gasteiger partial charge is 0.312 e. The highest BCUT2D eigenvalue weighted by Crippen LogP contribution is 2.27. The lowest BCUT2D eigenvalue weighted by atomic mass is 9.98. The predicted octanol–water partition coefficient (Wildman–Crippen LogP) is 3.27. The van der Waals surface area contributed by atoms with E-state index in [9.17, 15) is 0 Å². The van der Waals surface area contributed by atoms with Crippen LogP contribution in [0.4, 0.5) is 0 Å². The summed E-state index contributed by atoms with van der Waals surface area (Å²) in [7, 11) is 0. The van der Waals surface area contributed by atoms with Gasteiger partial charge in [-0.2, -0.15) is 0 Å². The predicted molar refractivity (Wildman–Crippen MR) is 76.4 cm³/mol. The minimum absolute atomic E-state index is 0.661. The fourth-order valence-electron chi connectivity index (χ4n) is 3.25. The maximum absolute atomic E-state index is 3.71. The Bertz CT molecular complexity index is 203. The second-order valence-corrected chi connectivity index (χ2v) is 5.90. The van der Waals surface area contributed by atoms with Crippen LogP contribution in [0.2, 0.25) is 0 Å². The second kappa shape index (κ2) is 7.38.